The minimum Gasteiger partial charge on any atom is -0.396 e. The zero-order valence-corrected chi connectivity index (χ0v) is 9.42. The van der Waals surface area contributed by atoms with Crippen LogP contribution in [0.5, 0.6) is 0 Å². The van der Waals surface area contributed by atoms with Gasteiger partial charge in [0.1, 0.15) is 0 Å². The zero-order chi connectivity index (χ0) is 11.0. The Bertz CT molecular complexity index is 160. The van der Waals surface area contributed by atoms with Crippen molar-refractivity contribution in [1.82, 2.24) is 10.2 Å². The summed E-state index contributed by atoms with van der Waals surface area (Å²) >= 11 is 0. The number of hydrogen-bond donors (Lipinski definition) is 2. The van der Waals surface area contributed by atoms with Crippen molar-refractivity contribution in [2.45, 2.75) is 19.8 Å². The predicted molar refractivity (Wildman–Crippen MR) is 57.0 cm³/mol. The lowest BCUT2D eigenvalue weighted by molar-refractivity contribution is -0.128. The summed E-state index contributed by atoms with van der Waals surface area (Å²) < 4.78 is 0. The maximum absolute atomic E-state index is 11.2. The summed E-state index contributed by atoms with van der Waals surface area (Å²) in [5.41, 5.74) is 0. The van der Waals surface area contributed by atoms with Gasteiger partial charge in [-0.05, 0) is 25.4 Å². The standard InChI is InChI=1S/C10H22N2O2/c1-9(8-13)7-11-6-4-5-10(14)12(2)3/h9,11,13H,4-8H2,1-3H3. The van der Waals surface area contributed by atoms with E-state index in [9.17, 15) is 4.79 Å². The first-order chi connectivity index (χ1) is 6.57. The molecule has 0 saturated carbocycles. The normalized spacial score (nSPS) is 12.6. The average molecular weight is 202 g/mol. The van der Waals surface area contributed by atoms with Gasteiger partial charge in [-0.1, -0.05) is 6.92 Å². The van der Waals surface area contributed by atoms with Crippen molar-refractivity contribution in [3.8, 4) is 0 Å². The molecule has 0 aliphatic heterocycles. The molecule has 0 aromatic rings. The topological polar surface area (TPSA) is 52.6 Å². The number of hydrogen-bond acceptors (Lipinski definition) is 3. The first-order valence-corrected chi connectivity index (χ1v) is 5.09. The van der Waals surface area contributed by atoms with E-state index in [0.29, 0.717) is 12.3 Å². The van der Waals surface area contributed by atoms with Gasteiger partial charge in [-0.25, -0.2) is 0 Å². The van der Waals surface area contributed by atoms with Crippen molar-refractivity contribution in [2.24, 2.45) is 5.92 Å². The molecule has 0 aliphatic carbocycles. The van der Waals surface area contributed by atoms with Crippen LogP contribution in [0.1, 0.15) is 19.8 Å². The van der Waals surface area contributed by atoms with Crippen molar-refractivity contribution < 1.29 is 9.90 Å². The highest BCUT2D eigenvalue weighted by Gasteiger charge is 2.03. The van der Waals surface area contributed by atoms with Crippen molar-refractivity contribution in [1.29, 1.82) is 0 Å². The van der Waals surface area contributed by atoms with Crippen molar-refractivity contribution in [2.75, 3.05) is 33.8 Å². The summed E-state index contributed by atoms with van der Waals surface area (Å²) in [5, 5.41) is 12.0. The predicted octanol–water partition coefficient (Wildman–Crippen LogP) is 0.0728. The van der Waals surface area contributed by atoms with Gasteiger partial charge in [0.15, 0.2) is 0 Å². The Balaban J connectivity index is 3.26. The Kier molecular flexibility index (Phi) is 7.42. The SMILES string of the molecule is CC(CO)CNCCCC(=O)N(C)C. The third-order valence-electron chi connectivity index (χ3n) is 2.05. The van der Waals surface area contributed by atoms with Crippen LogP contribution in [0.25, 0.3) is 0 Å². The Morgan fingerprint density at radius 1 is 1.50 bits per heavy atom. The number of rotatable bonds is 7. The molecule has 0 spiro atoms. The van der Waals surface area contributed by atoms with Crippen LogP contribution in [-0.2, 0) is 4.79 Å². The number of amides is 1. The molecule has 0 bridgehead atoms. The summed E-state index contributed by atoms with van der Waals surface area (Å²) in [5.74, 6) is 0.460. The summed E-state index contributed by atoms with van der Waals surface area (Å²) in [6.45, 7) is 3.85. The van der Waals surface area contributed by atoms with Gasteiger partial charge in [0.25, 0.3) is 0 Å². The van der Waals surface area contributed by atoms with Crippen LogP contribution in [-0.4, -0.2) is 49.7 Å². The highest BCUT2D eigenvalue weighted by molar-refractivity contribution is 5.75. The number of nitrogens with zero attached hydrogens (tertiary/aromatic N) is 1. The molecule has 0 saturated heterocycles. The van der Waals surface area contributed by atoms with E-state index in [1.807, 2.05) is 6.92 Å². The molecular formula is C10H22N2O2. The Labute approximate surface area is 86.3 Å². The Morgan fingerprint density at radius 3 is 2.64 bits per heavy atom. The smallest absolute Gasteiger partial charge is 0.222 e. The third kappa shape index (κ3) is 6.86. The van der Waals surface area contributed by atoms with Crippen LogP contribution in [0.15, 0.2) is 0 Å². The quantitative estimate of drug-likeness (QED) is 0.575. The molecule has 4 heteroatoms. The molecule has 0 rings (SSSR count). The van der Waals surface area contributed by atoms with Crippen molar-refractivity contribution in [3.63, 3.8) is 0 Å². The van der Waals surface area contributed by atoms with Gasteiger partial charge in [0, 0.05) is 27.1 Å². The average Bonchev–Trinajstić information content (AvgIpc) is 2.16. The number of aliphatic hydroxyl groups excluding tert-OH is 1. The van der Waals surface area contributed by atoms with Gasteiger partial charge in [-0.15, -0.1) is 0 Å². The van der Waals surface area contributed by atoms with E-state index in [0.717, 1.165) is 19.5 Å². The van der Waals surface area contributed by atoms with Gasteiger partial charge in [-0.2, -0.15) is 0 Å². The molecule has 2 N–H and O–H groups in total. The first kappa shape index (κ1) is 13.4. The second-order valence-corrected chi connectivity index (χ2v) is 3.88. The van der Waals surface area contributed by atoms with E-state index < -0.39 is 0 Å². The molecule has 1 unspecified atom stereocenters. The van der Waals surface area contributed by atoms with Crippen LogP contribution in [0.4, 0.5) is 0 Å². The summed E-state index contributed by atoms with van der Waals surface area (Å²) in [7, 11) is 3.53. The monoisotopic (exact) mass is 202 g/mol. The number of aliphatic hydroxyl groups is 1. The van der Waals surface area contributed by atoms with Gasteiger partial charge in [0.05, 0.1) is 0 Å². The number of carbonyl (C=O) groups excluding carboxylic acids is 1. The lowest BCUT2D eigenvalue weighted by Crippen LogP contribution is -2.26. The second-order valence-electron chi connectivity index (χ2n) is 3.88. The molecule has 0 heterocycles. The summed E-state index contributed by atoms with van der Waals surface area (Å²) in [6.07, 6.45) is 1.45. The number of carbonyl (C=O) groups is 1. The lowest BCUT2D eigenvalue weighted by Gasteiger charge is -2.11. The molecule has 14 heavy (non-hydrogen) atoms. The van der Waals surface area contributed by atoms with Gasteiger partial charge in [0.2, 0.25) is 5.91 Å². The lowest BCUT2D eigenvalue weighted by atomic mass is 10.2. The molecule has 0 aromatic heterocycles. The Hall–Kier alpha value is -0.610. The fourth-order valence-corrected chi connectivity index (χ4v) is 1.00. The largest absolute Gasteiger partial charge is 0.396 e. The van der Waals surface area contributed by atoms with Crippen LogP contribution >= 0.6 is 0 Å². The molecule has 1 amide bonds. The maximum atomic E-state index is 11.2. The first-order valence-electron chi connectivity index (χ1n) is 5.09. The van der Waals surface area contributed by atoms with Gasteiger partial charge < -0.3 is 15.3 Å². The van der Waals surface area contributed by atoms with Gasteiger partial charge in [-0.3, -0.25) is 4.79 Å². The molecular weight excluding hydrogens is 180 g/mol. The molecule has 0 aromatic carbocycles. The minimum atomic E-state index is 0.169. The van der Waals surface area contributed by atoms with Crippen molar-refractivity contribution >= 4 is 5.91 Å². The maximum Gasteiger partial charge on any atom is 0.222 e. The number of nitrogens with one attached hydrogen (secondary N) is 1. The summed E-state index contributed by atoms with van der Waals surface area (Å²) in [6, 6.07) is 0. The third-order valence-corrected chi connectivity index (χ3v) is 2.05. The van der Waals surface area contributed by atoms with Gasteiger partial charge >= 0.3 is 0 Å². The van der Waals surface area contributed by atoms with E-state index in [-0.39, 0.29) is 12.5 Å². The van der Waals surface area contributed by atoms with E-state index >= 15 is 0 Å². The molecule has 1 atom stereocenters. The van der Waals surface area contributed by atoms with Crippen molar-refractivity contribution in [3.05, 3.63) is 0 Å². The van der Waals surface area contributed by atoms with E-state index in [4.69, 9.17) is 5.11 Å². The molecule has 4 nitrogen and oxygen atoms in total. The second kappa shape index (κ2) is 7.76. The van der Waals surface area contributed by atoms with E-state index in [1.54, 1.807) is 19.0 Å². The van der Waals surface area contributed by atoms with E-state index in [2.05, 4.69) is 5.32 Å². The highest BCUT2D eigenvalue weighted by Crippen LogP contribution is 1.93. The molecule has 0 radical (unpaired) electrons. The Morgan fingerprint density at radius 2 is 2.14 bits per heavy atom. The molecule has 0 fully saturated rings. The molecule has 84 valence electrons. The van der Waals surface area contributed by atoms with Crippen LogP contribution < -0.4 is 5.32 Å². The minimum absolute atomic E-state index is 0.169. The van der Waals surface area contributed by atoms with Crippen LogP contribution in [0.2, 0.25) is 0 Å². The molecule has 0 aliphatic rings. The van der Waals surface area contributed by atoms with Crippen LogP contribution in [0, 0.1) is 5.92 Å². The summed E-state index contributed by atoms with van der Waals surface area (Å²) in [4.78, 5) is 12.8. The fraction of sp³-hybridized carbons (Fsp3) is 0.900. The van der Waals surface area contributed by atoms with E-state index in [1.165, 1.54) is 0 Å². The highest BCUT2D eigenvalue weighted by atomic mass is 16.3. The van der Waals surface area contributed by atoms with Crippen LogP contribution in [0.3, 0.4) is 0 Å². The fourth-order valence-electron chi connectivity index (χ4n) is 1.00. The zero-order valence-electron chi connectivity index (χ0n) is 9.42.